The fraction of sp³-hybridized carbons (Fsp3) is 1.00. The highest BCUT2D eigenvalue weighted by Gasteiger charge is 2.44. The molecule has 1 aliphatic heterocycles. The fourth-order valence-corrected chi connectivity index (χ4v) is 4.19. The second kappa shape index (κ2) is 5.91. The molecular weight excluding hydrogens is 246 g/mol. The van der Waals surface area contributed by atoms with Crippen molar-refractivity contribution in [2.75, 3.05) is 18.1 Å². The molecule has 4 heteroatoms. The zero-order valence-corrected chi connectivity index (χ0v) is 12.4. The van der Waals surface area contributed by atoms with Crippen LogP contribution in [0.25, 0.3) is 0 Å². The Bertz CT molecular complexity index is 352. The third-order valence-corrected chi connectivity index (χ3v) is 6.44. The van der Waals surface area contributed by atoms with Gasteiger partial charge in [0.15, 0.2) is 0 Å². The van der Waals surface area contributed by atoms with Crippen LogP contribution in [-0.4, -0.2) is 32.0 Å². The van der Waals surface area contributed by atoms with E-state index in [2.05, 4.69) is 5.32 Å². The van der Waals surface area contributed by atoms with E-state index in [1.807, 2.05) is 0 Å². The van der Waals surface area contributed by atoms with Gasteiger partial charge in [-0.1, -0.05) is 19.8 Å². The minimum absolute atomic E-state index is 0.278. The van der Waals surface area contributed by atoms with Gasteiger partial charge in [-0.05, 0) is 51.0 Å². The zero-order chi connectivity index (χ0) is 13.1. The highest BCUT2D eigenvalue weighted by Crippen LogP contribution is 2.45. The van der Waals surface area contributed by atoms with Crippen molar-refractivity contribution >= 4 is 9.84 Å². The average Bonchev–Trinajstić information content (AvgIpc) is 3.16. The predicted molar refractivity (Wildman–Crippen MR) is 75.5 cm³/mol. The molecule has 106 valence electrons. The van der Waals surface area contributed by atoms with Crippen molar-refractivity contribution in [1.29, 1.82) is 0 Å². The van der Waals surface area contributed by atoms with Gasteiger partial charge in [0.25, 0.3) is 0 Å². The summed E-state index contributed by atoms with van der Waals surface area (Å²) in [6.45, 7) is 2.87. The molecule has 1 unspecified atom stereocenters. The van der Waals surface area contributed by atoms with Gasteiger partial charge in [-0.25, -0.2) is 8.42 Å². The van der Waals surface area contributed by atoms with Crippen LogP contribution in [0.5, 0.6) is 0 Å². The molecule has 1 heterocycles. The second-order valence-corrected chi connectivity index (χ2v) is 8.48. The van der Waals surface area contributed by atoms with Crippen LogP contribution in [-0.2, 0) is 9.84 Å². The third-order valence-electron chi connectivity index (χ3n) is 4.65. The van der Waals surface area contributed by atoms with Crippen molar-refractivity contribution in [3.63, 3.8) is 0 Å². The topological polar surface area (TPSA) is 46.2 Å². The van der Waals surface area contributed by atoms with Crippen LogP contribution in [0.4, 0.5) is 0 Å². The summed E-state index contributed by atoms with van der Waals surface area (Å²) in [7, 11) is -2.79. The predicted octanol–water partition coefficient (Wildman–Crippen LogP) is 2.51. The van der Waals surface area contributed by atoms with Crippen molar-refractivity contribution in [2.24, 2.45) is 5.92 Å². The monoisotopic (exact) mass is 273 g/mol. The first-order chi connectivity index (χ1) is 8.58. The van der Waals surface area contributed by atoms with Gasteiger partial charge < -0.3 is 5.32 Å². The van der Waals surface area contributed by atoms with Crippen LogP contribution >= 0.6 is 0 Å². The van der Waals surface area contributed by atoms with Crippen molar-refractivity contribution in [1.82, 2.24) is 5.32 Å². The van der Waals surface area contributed by atoms with Gasteiger partial charge in [0.2, 0.25) is 0 Å². The molecule has 2 rings (SSSR count). The molecule has 0 bridgehead atoms. The highest BCUT2D eigenvalue weighted by molar-refractivity contribution is 7.91. The van der Waals surface area contributed by atoms with E-state index in [0.29, 0.717) is 5.75 Å². The lowest BCUT2D eigenvalue weighted by Gasteiger charge is -2.34. The lowest BCUT2D eigenvalue weighted by Crippen LogP contribution is -2.47. The SMILES string of the molecule is CCS(=O)(=O)CCCC1(C2CC2)CCCCCN1. The fourth-order valence-electron chi connectivity index (χ4n) is 3.32. The molecule has 1 saturated carbocycles. The molecule has 18 heavy (non-hydrogen) atoms. The summed E-state index contributed by atoms with van der Waals surface area (Å²) in [4.78, 5) is 0. The van der Waals surface area contributed by atoms with Crippen LogP contribution in [0.1, 0.15) is 58.3 Å². The summed E-state index contributed by atoms with van der Waals surface area (Å²) in [5.41, 5.74) is 0.278. The molecule has 0 spiro atoms. The van der Waals surface area contributed by atoms with Gasteiger partial charge in [-0.15, -0.1) is 0 Å². The average molecular weight is 273 g/mol. The van der Waals surface area contributed by atoms with Gasteiger partial charge in [0, 0.05) is 11.3 Å². The quantitative estimate of drug-likeness (QED) is 0.809. The Morgan fingerprint density at radius 2 is 2.00 bits per heavy atom. The number of hydrogen-bond acceptors (Lipinski definition) is 3. The Balaban J connectivity index is 1.90. The van der Waals surface area contributed by atoms with Crippen LogP contribution in [0.15, 0.2) is 0 Å². The Labute approximate surface area is 112 Å². The van der Waals surface area contributed by atoms with Crippen molar-refractivity contribution in [3.05, 3.63) is 0 Å². The largest absolute Gasteiger partial charge is 0.311 e. The Morgan fingerprint density at radius 1 is 1.22 bits per heavy atom. The Hall–Kier alpha value is -0.0900. The molecule has 1 aliphatic carbocycles. The van der Waals surface area contributed by atoms with Crippen LogP contribution in [0.2, 0.25) is 0 Å². The van der Waals surface area contributed by atoms with Crippen molar-refractivity contribution in [2.45, 2.75) is 63.8 Å². The van der Waals surface area contributed by atoms with E-state index in [0.717, 1.165) is 25.3 Å². The standard InChI is InChI=1S/C14H27NO2S/c1-2-18(16,17)12-6-10-14(13-7-8-13)9-4-3-5-11-15-14/h13,15H,2-12H2,1H3. The molecule has 2 aliphatic rings. The van der Waals surface area contributed by atoms with E-state index in [4.69, 9.17) is 0 Å². The summed E-state index contributed by atoms with van der Waals surface area (Å²) in [6.07, 6.45) is 9.74. The molecule has 0 amide bonds. The maximum atomic E-state index is 11.6. The maximum absolute atomic E-state index is 11.6. The van der Waals surface area contributed by atoms with E-state index in [1.54, 1.807) is 6.92 Å². The van der Waals surface area contributed by atoms with Crippen LogP contribution in [0, 0.1) is 5.92 Å². The summed E-state index contributed by atoms with van der Waals surface area (Å²) in [5.74, 6) is 1.48. The molecule has 1 atom stereocenters. The number of hydrogen-bond donors (Lipinski definition) is 1. The molecule has 0 aromatic carbocycles. The van der Waals surface area contributed by atoms with Gasteiger partial charge in [0.1, 0.15) is 9.84 Å². The van der Waals surface area contributed by atoms with Crippen LogP contribution in [0.3, 0.4) is 0 Å². The lowest BCUT2D eigenvalue weighted by molar-refractivity contribution is 0.251. The number of sulfone groups is 1. The first kappa shape index (κ1) is 14.3. The van der Waals surface area contributed by atoms with Crippen molar-refractivity contribution in [3.8, 4) is 0 Å². The van der Waals surface area contributed by atoms with Gasteiger partial charge in [-0.2, -0.15) is 0 Å². The van der Waals surface area contributed by atoms with E-state index < -0.39 is 9.84 Å². The minimum atomic E-state index is -2.79. The Morgan fingerprint density at radius 3 is 2.67 bits per heavy atom. The van der Waals surface area contributed by atoms with E-state index in [-0.39, 0.29) is 11.3 Å². The van der Waals surface area contributed by atoms with Crippen molar-refractivity contribution < 1.29 is 8.42 Å². The molecule has 0 aromatic rings. The summed E-state index contributed by atoms with van der Waals surface area (Å²) in [6, 6.07) is 0. The number of rotatable bonds is 6. The summed E-state index contributed by atoms with van der Waals surface area (Å²) < 4.78 is 23.2. The van der Waals surface area contributed by atoms with E-state index >= 15 is 0 Å². The molecule has 3 nitrogen and oxygen atoms in total. The number of nitrogens with one attached hydrogen (secondary N) is 1. The van der Waals surface area contributed by atoms with Crippen LogP contribution < -0.4 is 5.32 Å². The maximum Gasteiger partial charge on any atom is 0.150 e. The molecule has 1 saturated heterocycles. The summed E-state index contributed by atoms with van der Waals surface area (Å²) in [5, 5.41) is 3.77. The zero-order valence-electron chi connectivity index (χ0n) is 11.6. The van der Waals surface area contributed by atoms with E-state index in [1.165, 1.54) is 38.5 Å². The molecule has 0 radical (unpaired) electrons. The Kier molecular flexibility index (Phi) is 4.70. The van der Waals surface area contributed by atoms with Gasteiger partial charge in [0.05, 0.1) is 5.75 Å². The highest BCUT2D eigenvalue weighted by atomic mass is 32.2. The van der Waals surface area contributed by atoms with Gasteiger partial charge in [-0.3, -0.25) is 0 Å². The molecule has 0 aromatic heterocycles. The van der Waals surface area contributed by atoms with E-state index in [9.17, 15) is 8.42 Å². The minimum Gasteiger partial charge on any atom is -0.311 e. The van der Waals surface area contributed by atoms with Gasteiger partial charge >= 0.3 is 0 Å². The summed E-state index contributed by atoms with van der Waals surface area (Å²) >= 11 is 0. The molecular formula is C14H27NO2S. The molecule has 2 fully saturated rings. The molecule has 1 N–H and O–H groups in total. The first-order valence-electron chi connectivity index (χ1n) is 7.53. The third kappa shape index (κ3) is 3.70. The smallest absolute Gasteiger partial charge is 0.150 e. The lowest BCUT2D eigenvalue weighted by atomic mass is 9.84. The second-order valence-electron chi connectivity index (χ2n) is 6.01. The normalized spacial score (nSPS) is 30.1. The first-order valence-corrected chi connectivity index (χ1v) is 9.35.